The summed E-state index contributed by atoms with van der Waals surface area (Å²) < 4.78 is 13.1. The summed E-state index contributed by atoms with van der Waals surface area (Å²) in [4.78, 5) is 16.4. The maximum atomic E-state index is 13.1. The summed E-state index contributed by atoms with van der Waals surface area (Å²) in [6.45, 7) is 0.314. The van der Waals surface area contributed by atoms with Crippen molar-refractivity contribution in [3.05, 3.63) is 77.7 Å². The summed E-state index contributed by atoms with van der Waals surface area (Å²) in [5.41, 5.74) is 2.46. The third kappa shape index (κ3) is 3.28. The van der Waals surface area contributed by atoms with Crippen molar-refractivity contribution in [1.82, 2.24) is 10.3 Å². The minimum Gasteiger partial charge on any atom is -0.352 e. The molecule has 3 aromatic rings. The Hall–Kier alpha value is -2.75. The lowest BCUT2D eigenvalue weighted by Gasteiger charge is -2.07. The van der Waals surface area contributed by atoms with Gasteiger partial charge in [0.2, 0.25) is 5.91 Å². The van der Waals surface area contributed by atoms with Crippen LogP contribution in [-0.4, -0.2) is 10.9 Å². The lowest BCUT2D eigenvalue weighted by atomic mass is 10.1. The van der Waals surface area contributed by atoms with Crippen molar-refractivity contribution in [3.8, 4) is 0 Å². The maximum Gasteiger partial charge on any atom is 0.224 e. The van der Waals surface area contributed by atoms with E-state index in [4.69, 9.17) is 0 Å². The molecule has 0 radical (unpaired) electrons. The fraction of sp³-hybridized carbons (Fsp3) is 0.111. The molecule has 0 aliphatic carbocycles. The van der Waals surface area contributed by atoms with Crippen molar-refractivity contribution in [2.24, 2.45) is 0 Å². The first kappa shape index (κ1) is 14.2. The zero-order valence-electron chi connectivity index (χ0n) is 11.9. The van der Waals surface area contributed by atoms with E-state index in [0.717, 1.165) is 22.0 Å². The molecule has 22 heavy (non-hydrogen) atoms. The molecule has 0 bridgehead atoms. The average molecular weight is 294 g/mol. The molecule has 0 atom stereocenters. The van der Waals surface area contributed by atoms with Crippen molar-refractivity contribution in [2.75, 3.05) is 0 Å². The SMILES string of the molecule is O=C(Cc1cccc2cccnc12)NCc1cccc(F)c1. The molecule has 0 fully saturated rings. The predicted octanol–water partition coefficient (Wildman–Crippen LogP) is 3.23. The second-order valence-electron chi connectivity index (χ2n) is 5.08. The Morgan fingerprint density at radius 3 is 2.77 bits per heavy atom. The summed E-state index contributed by atoms with van der Waals surface area (Å²) >= 11 is 0. The molecule has 3 nitrogen and oxygen atoms in total. The largest absolute Gasteiger partial charge is 0.352 e. The van der Waals surface area contributed by atoms with Gasteiger partial charge in [-0.15, -0.1) is 0 Å². The number of nitrogens with one attached hydrogen (secondary N) is 1. The van der Waals surface area contributed by atoms with E-state index in [-0.39, 0.29) is 18.1 Å². The minimum atomic E-state index is -0.301. The topological polar surface area (TPSA) is 42.0 Å². The number of hydrogen-bond donors (Lipinski definition) is 1. The van der Waals surface area contributed by atoms with Crippen molar-refractivity contribution in [3.63, 3.8) is 0 Å². The third-order valence-corrected chi connectivity index (χ3v) is 3.45. The molecule has 0 aliphatic heterocycles. The molecule has 2 aromatic carbocycles. The molecule has 1 N–H and O–H groups in total. The predicted molar refractivity (Wildman–Crippen MR) is 83.7 cm³/mol. The number of halogens is 1. The first-order valence-corrected chi connectivity index (χ1v) is 7.06. The fourth-order valence-corrected chi connectivity index (χ4v) is 2.39. The van der Waals surface area contributed by atoms with Gasteiger partial charge in [-0.05, 0) is 29.3 Å². The van der Waals surface area contributed by atoms with Crippen LogP contribution < -0.4 is 5.32 Å². The van der Waals surface area contributed by atoms with Gasteiger partial charge in [-0.25, -0.2) is 4.39 Å². The highest BCUT2D eigenvalue weighted by Gasteiger charge is 2.07. The second kappa shape index (κ2) is 6.35. The zero-order valence-corrected chi connectivity index (χ0v) is 11.9. The molecule has 0 saturated carbocycles. The lowest BCUT2D eigenvalue weighted by molar-refractivity contribution is -0.120. The monoisotopic (exact) mass is 294 g/mol. The Kier molecular flexibility index (Phi) is 4.10. The highest BCUT2D eigenvalue weighted by molar-refractivity contribution is 5.87. The lowest BCUT2D eigenvalue weighted by Crippen LogP contribution is -2.24. The third-order valence-electron chi connectivity index (χ3n) is 3.45. The number of carbonyl (C=O) groups excluding carboxylic acids is 1. The Labute approximate surface area is 127 Å². The van der Waals surface area contributed by atoms with Crippen molar-refractivity contribution in [2.45, 2.75) is 13.0 Å². The Morgan fingerprint density at radius 1 is 1.09 bits per heavy atom. The van der Waals surface area contributed by atoms with Gasteiger partial charge in [-0.3, -0.25) is 9.78 Å². The zero-order chi connectivity index (χ0) is 15.4. The molecule has 0 saturated heterocycles. The van der Waals surface area contributed by atoms with Crippen LogP contribution in [0.5, 0.6) is 0 Å². The van der Waals surface area contributed by atoms with Gasteiger partial charge in [-0.1, -0.05) is 36.4 Å². The smallest absolute Gasteiger partial charge is 0.224 e. The first-order valence-electron chi connectivity index (χ1n) is 7.06. The minimum absolute atomic E-state index is 0.109. The number of amides is 1. The molecule has 0 aliphatic rings. The Morgan fingerprint density at radius 2 is 1.91 bits per heavy atom. The van der Waals surface area contributed by atoms with Crippen molar-refractivity contribution >= 4 is 16.8 Å². The number of hydrogen-bond acceptors (Lipinski definition) is 2. The molecule has 1 aromatic heterocycles. The molecule has 4 heteroatoms. The summed E-state index contributed by atoms with van der Waals surface area (Å²) in [7, 11) is 0. The molecule has 110 valence electrons. The van der Waals surface area contributed by atoms with E-state index in [1.807, 2.05) is 30.3 Å². The van der Waals surface area contributed by atoms with Gasteiger partial charge in [-0.2, -0.15) is 0 Å². The number of aromatic nitrogens is 1. The summed E-state index contributed by atoms with van der Waals surface area (Å²) in [5, 5.41) is 3.82. The molecular weight excluding hydrogens is 279 g/mol. The highest BCUT2D eigenvalue weighted by Crippen LogP contribution is 2.16. The standard InChI is InChI=1S/C18H15FN2O/c19-16-8-1-4-13(10-16)12-21-17(22)11-15-6-2-5-14-7-3-9-20-18(14)15/h1-10H,11-12H2,(H,21,22). The quantitative estimate of drug-likeness (QED) is 0.802. The molecular formula is C18H15FN2O. The van der Waals surface area contributed by atoms with Gasteiger partial charge in [0.15, 0.2) is 0 Å². The average Bonchev–Trinajstić information content (AvgIpc) is 2.53. The van der Waals surface area contributed by atoms with E-state index in [0.29, 0.717) is 6.54 Å². The normalized spacial score (nSPS) is 10.6. The molecule has 3 rings (SSSR count). The van der Waals surface area contributed by atoms with Crippen molar-refractivity contribution < 1.29 is 9.18 Å². The van der Waals surface area contributed by atoms with Crippen LogP contribution >= 0.6 is 0 Å². The van der Waals surface area contributed by atoms with Crippen LogP contribution in [0.3, 0.4) is 0 Å². The van der Waals surface area contributed by atoms with E-state index in [1.54, 1.807) is 18.3 Å². The van der Waals surface area contributed by atoms with Crippen LogP contribution in [0.4, 0.5) is 4.39 Å². The van der Waals surface area contributed by atoms with E-state index in [9.17, 15) is 9.18 Å². The van der Waals surface area contributed by atoms with E-state index < -0.39 is 0 Å². The fourth-order valence-electron chi connectivity index (χ4n) is 2.39. The van der Waals surface area contributed by atoms with Gasteiger partial charge >= 0.3 is 0 Å². The number of fused-ring (bicyclic) bond motifs is 1. The maximum absolute atomic E-state index is 13.1. The van der Waals surface area contributed by atoms with Gasteiger partial charge < -0.3 is 5.32 Å². The van der Waals surface area contributed by atoms with Crippen LogP contribution in [0.15, 0.2) is 60.8 Å². The van der Waals surface area contributed by atoms with Crippen molar-refractivity contribution in [1.29, 1.82) is 0 Å². The van der Waals surface area contributed by atoms with Gasteiger partial charge in [0.1, 0.15) is 5.82 Å². The van der Waals surface area contributed by atoms with Gasteiger partial charge in [0.25, 0.3) is 0 Å². The molecule has 0 unspecified atom stereocenters. The van der Waals surface area contributed by atoms with Gasteiger partial charge in [0.05, 0.1) is 11.9 Å². The molecule has 0 spiro atoms. The summed E-state index contributed by atoms with van der Waals surface area (Å²) in [6, 6.07) is 15.8. The number of para-hydroxylation sites is 1. The molecule has 1 heterocycles. The number of benzene rings is 2. The molecule has 1 amide bonds. The Bertz CT molecular complexity index is 812. The number of carbonyl (C=O) groups is 1. The van der Waals surface area contributed by atoms with E-state index >= 15 is 0 Å². The van der Waals surface area contributed by atoms with Crippen LogP contribution in [0.2, 0.25) is 0 Å². The number of pyridine rings is 1. The summed E-state index contributed by atoms with van der Waals surface area (Å²) in [6.07, 6.45) is 1.97. The van der Waals surface area contributed by atoms with Crippen LogP contribution in [0.1, 0.15) is 11.1 Å². The summed E-state index contributed by atoms with van der Waals surface area (Å²) in [5.74, 6) is -0.410. The Balaban J connectivity index is 1.68. The van der Waals surface area contributed by atoms with Crippen LogP contribution in [-0.2, 0) is 17.8 Å². The van der Waals surface area contributed by atoms with E-state index in [1.165, 1.54) is 12.1 Å². The first-order chi connectivity index (χ1) is 10.7. The number of nitrogens with zero attached hydrogens (tertiary/aromatic N) is 1. The van der Waals surface area contributed by atoms with E-state index in [2.05, 4.69) is 10.3 Å². The van der Waals surface area contributed by atoms with Crippen LogP contribution in [0.25, 0.3) is 10.9 Å². The highest BCUT2D eigenvalue weighted by atomic mass is 19.1. The van der Waals surface area contributed by atoms with Gasteiger partial charge in [0, 0.05) is 18.1 Å². The number of rotatable bonds is 4. The second-order valence-corrected chi connectivity index (χ2v) is 5.08. The van der Waals surface area contributed by atoms with Crippen LogP contribution in [0, 0.1) is 5.82 Å².